The molecule has 0 radical (unpaired) electrons. The molecule has 0 aromatic heterocycles. The summed E-state index contributed by atoms with van der Waals surface area (Å²) in [5.74, 6) is 0.806. The van der Waals surface area contributed by atoms with Crippen molar-refractivity contribution in [3.63, 3.8) is 0 Å². The number of nitrogens with zero attached hydrogens (tertiary/aromatic N) is 1. The third-order valence-corrected chi connectivity index (χ3v) is 2.88. The van der Waals surface area contributed by atoms with E-state index in [0.29, 0.717) is 6.04 Å². The zero-order chi connectivity index (χ0) is 10.8. The normalized spacial score (nSPS) is 11.6. The van der Waals surface area contributed by atoms with Gasteiger partial charge in [0.05, 0.1) is 0 Å². The number of unbranched alkanes of at least 4 members (excludes halogenated alkanes) is 3. The van der Waals surface area contributed by atoms with Crippen LogP contribution in [0.2, 0.25) is 0 Å². The predicted octanol–water partition coefficient (Wildman–Crippen LogP) is 3.91. The van der Waals surface area contributed by atoms with Crippen molar-refractivity contribution in [1.29, 1.82) is 0 Å². The number of hydrogen-bond donors (Lipinski definition) is 0. The van der Waals surface area contributed by atoms with Crippen LogP contribution in [-0.2, 0) is 0 Å². The number of halogens is 1. The van der Waals surface area contributed by atoms with Crippen molar-refractivity contribution in [3.05, 3.63) is 0 Å². The molecule has 0 aromatic rings. The molecule has 0 saturated carbocycles. The molecule has 0 atom stereocenters. The lowest BCUT2D eigenvalue weighted by molar-refractivity contribution is 0.214. The summed E-state index contributed by atoms with van der Waals surface area (Å²) in [7, 11) is 0. The SMILES string of the molecule is CCCCCN(CCCCCl)C(C)C. The third-order valence-electron chi connectivity index (χ3n) is 2.61. The van der Waals surface area contributed by atoms with Crippen LogP contribution >= 0.6 is 11.6 Å². The molecule has 0 aliphatic carbocycles. The monoisotopic (exact) mass is 219 g/mol. The predicted molar refractivity (Wildman–Crippen MR) is 66.2 cm³/mol. The highest BCUT2D eigenvalue weighted by atomic mass is 35.5. The van der Waals surface area contributed by atoms with Crippen molar-refractivity contribution in [2.75, 3.05) is 19.0 Å². The van der Waals surface area contributed by atoms with Crippen LogP contribution in [0.25, 0.3) is 0 Å². The van der Waals surface area contributed by atoms with Crippen molar-refractivity contribution in [2.24, 2.45) is 0 Å². The minimum Gasteiger partial charge on any atom is -0.301 e. The lowest BCUT2D eigenvalue weighted by Crippen LogP contribution is -2.32. The van der Waals surface area contributed by atoms with Crippen LogP contribution in [0.3, 0.4) is 0 Å². The Balaban J connectivity index is 3.55. The minimum absolute atomic E-state index is 0.683. The molecule has 0 aromatic carbocycles. The van der Waals surface area contributed by atoms with Crippen molar-refractivity contribution in [1.82, 2.24) is 4.90 Å². The van der Waals surface area contributed by atoms with Gasteiger partial charge in [0, 0.05) is 11.9 Å². The molecule has 0 unspecified atom stereocenters. The summed E-state index contributed by atoms with van der Waals surface area (Å²) < 4.78 is 0. The smallest absolute Gasteiger partial charge is 0.0223 e. The maximum absolute atomic E-state index is 5.67. The molecule has 0 N–H and O–H groups in total. The highest BCUT2D eigenvalue weighted by Crippen LogP contribution is 2.05. The van der Waals surface area contributed by atoms with Crippen LogP contribution in [0.1, 0.15) is 52.9 Å². The van der Waals surface area contributed by atoms with Gasteiger partial charge < -0.3 is 4.90 Å². The van der Waals surface area contributed by atoms with Gasteiger partial charge >= 0.3 is 0 Å². The molecule has 1 nitrogen and oxygen atoms in total. The molecule has 0 amide bonds. The first kappa shape index (κ1) is 14.2. The Hall–Kier alpha value is 0.250. The van der Waals surface area contributed by atoms with E-state index in [0.717, 1.165) is 12.3 Å². The second-order valence-electron chi connectivity index (χ2n) is 4.23. The molecule has 0 rings (SSSR count). The molecule has 0 fully saturated rings. The fourth-order valence-corrected chi connectivity index (χ4v) is 1.79. The van der Waals surface area contributed by atoms with Gasteiger partial charge in [-0.25, -0.2) is 0 Å². The van der Waals surface area contributed by atoms with Gasteiger partial charge in [-0.15, -0.1) is 11.6 Å². The molecule has 0 aliphatic rings. The third kappa shape index (κ3) is 7.64. The average Bonchev–Trinajstić information content (AvgIpc) is 2.15. The van der Waals surface area contributed by atoms with Gasteiger partial charge in [0.15, 0.2) is 0 Å². The summed E-state index contributed by atoms with van der Waals surface area (Å²) in [6, 6.07) is 0.683. The van der Waals surface area contributed by atoms with E-state index >= 15 is 0 Å². The maximum atomic E-state index is 5.67. The second kappa shape index (κ2) is 9.79. The van der Waals surface area contributed by atoms with Crippen LogP contribution in [0.15, 0.2) is 0 Å². The van der Waals surface area contributed by atoms with Gasteiger partial charge in [-0.2, -0.15) is 0 Å². The Morgan fingerprint density at radius 2 is 1.57 bits per heavy atom. The fraction of sp³-hybridized carbons (Fsp3) is 1.00. The Labute approximate surface area is 94.8 Å². The maximum Gasteiger partial charge on any atom is 0.0223 e. The first-order chi connectivity index (χ1) is 6.72. The molecule has 0 aliphatic heterocycles. The van der Waals surface area contributed by atoms with Crippen molar-refractivity contribution < 1.29 is 0 Å². The standard InChI is InChI=1S/C12H26ClN/c1-4-5-7-10-14(12(2)3)11-8-6-9-13/h12H,4-11H2,1-3H3. The van der Waals surface area contributed by atoms with Crippen LogP contribution in [-0.4, -0.2) is 29.9 Å². The molecule has 0 bridgehead atoms. The lowest BCUT2D eigenvalue weighted by Gasteiger charge is -2.26. The van der Waals surface area contributed by atoms with E-state index in [4.69, 9.17) is 11.6 Å². The van der Waals surface area contributed by atoms with Crippen molar-refractivity contribution >= 4 is 11.6 Å². The van der Waals surface area contributed by atoms with E-state index < -0.39 is 0 Å². The van der Waals surface area contributed by atoms with Crippen LogP contribution in [0.5, 0.6) is 0 Å². The highest BCUT2D eigenvalue weighted by molar-refractivity contribution is 6.17. The van der Waals surface area contributed by atoms with Gasteiger partial charge in [-0.1, -0.05) is 19.8 Å². The molecular weight excluding hydrogens is 194 g/mol. The molecular formula is C12H26ClN. The van der Waals surface area contributed by atoms with E-state index in [2.05, 4.69) is 25.7 Å². The first-order valence-electron chi connectivity index (χ1n) is 6.02. The first-order valence-corrected chi connectivity index (χ1v) is 6.55. The zero-order valence-corrected chi connectivity index (χ0v) is 10.8. The fourth-order valence-electron chi connectivity index (χ4n) is 1.60. The Morgan fingerprint density at radius 1 is 1.00 bits per heavy atom. The molecule has 0 saturated heterocycles. The average molecular weight is 220 g/mol. The van der Waals surface area contributed by atoms with Gasteiger partial charge in [-0.3, -0.25) is 0 Å². The molecule has 2 heteroatoms. The summed E-state index contributed by atoms with van der Waals surface area (Å²) in [5, 5.41) is 0. The highest BCUT2D eigenvalue weighted by Gasteiger charge is 2.07. The minimum atomic E-state index is 0.683. The largest absolute Gasteiger partial charge is 0.301 e. The van der Waals surface area contributed by atoms with E-state index in [-0.39, 0.29) is 0 Å². The van der Waals surface area contributed by atoms with Gasteiger partial charge in [0.2, 0.25) is 0 Å². The van der Waals surface area contributed by atoms with E-state index in [1.54, 1.807) is 0 Å². The van der Waals surface area contributed by atoms with Crippen molar-refractivity contribution in [2.45, 2.75) is 58.9 Å². The number of alkyl halides is 1. The van der Waals surface area contributed by atoms with Gasteiger partial charge in [-0.05, 0) is 46.2 Å². The zero-order valence-electron chi connectivity index (χ0n) is 10.1. The Bertz CT molecular complexity index is 105. The van der Waals surface area contributed by atoms with Crippen LogP contribution < -0.4 is 0 Å². The number of rotatable bonds is 9. The van der Waals surface area contributed by atoms with Gasteiger partial charge in [0.1, 0.15) is 0 Å². The molecule has 86 valence electrons. The Kier molecular flexibility index (Phi) is 9.97. The summed E-state index contributed by atoms with van der Waals surface area (Å²) in [6.07, 6.45) is 6.41. The summed E-state index contributed by atoms with van der Waals surface area (Å²) >= 11 is 5.67. The molecule has 0 heterocycles. The Morgan fingerprint density at radius 3 is 2.00 bits per heavy atom. The molecule has 0 spiro atoms. The van der Waals surface area contributed by atoms with E-state index in [1.165, 1.54) is 38.8 Å². The summed E-state index contributed by atoms with van der Waals surface area (Å²) in [4.78, 5) is 2.57. The summed E-state index contributed by atoms with van der Waals surface area (Å²) in [5.41, 5.74) is 0. The van der Waals surface area contributed by atoms with E-state index in [9.17, 15) is 0 Å². The molecule has 14 heavy (non-hydrogen) atoms. The van der Waals surface area contributed by atoms with E-state index in [1.807, 2.05) is 0 Å². The summed E-state index contributed by atoms with van der Waals surface area (Å²) in [6.45, 7) is 9.30. The van der Waals surface area contributed by atoms with Crippen LogP contribution in [0, 0.1) is 0 Å². The number of hydrogen-bond acceptors (Lipinski definition) is 1. The lowest BCUT2D eigenvalue weighted by atomic mass is 10.2. The second-order valence-corrected chi connectivity index (χ2v) is 4.61. The quantitative estimate of drug-likeness (QED) is 0.420. The topological polar surface area (TPSA) is 3.24 Å². The van der Waals surface area contributed by atoms with Crippen molar-refractivity contribution in [3.8, 4) is 0 Å². The van der Waals surface area contributed by atoms with Crippen LogP contribution in [0.4, 0.5) is 0 Å². The van der Waals surface area contributed by atoms with Gasteiger partial charge in [0.25, 0.3) is 0 Å².